The summed E-state index contributed by atoms with van der Waals surface area (Å²) in [7, 11) is 0. The van der Waals surface area contributed by atoms with Crippen LogP contribution in [0.15, 0.2) is 33.3 Å². The molecule has 0 unspecified atom stereocenters. The van der Waals surface area contributed by atoms with Gasteiger partial charge in [0.1, 0.15) is 16.2 Å². The summed E-state index contributed by atoms with van der Waals surface area (Å²) in [6, 6.07) is 7.14. The molecular weight excluding hydrogens is 395 g/mol. The molecule has 0 atom stereocenters. The predicted octanol–water partition coefficient (Wildman–Crippen LogP) is 5.40. The largest absolute Gasteiger partial charge is 0.437 e. The molecule has 0 bridgehead atoms. The Labute approximate surface area is 133 Å². The Morgan fingerprint density at radius 1 is 1.21 bits per heavy atom. The first-order valence-electron chi connectivity index (χ1n) is 5.75. The molecule has 0 saturated carbocycles. The molecule has 2 rings (SSSR count). The molecule has 0 aliphatic rings. The fourth-order valence-electron chi connectivity index (χ4n) is 1.50. The van der Waals surface area contributed by atoms with Gasteiger partial charge in [-0.1, -0.05) is 34.5 Å². The second-order valence-corrected chi connectivity index (χ2v) is 6.01. The second-order valence-electron chi connectivity index (χ2n) is 3.87. The Hall–Kier alpha value is -0.650. The number of nitrogens with zero attached hydrogens (tertiary/aromatic N) is 2. The SMILES string of the molecule is CCCc1nc(Br)cc(Oc2cc(Br)ccc2Cl)n1. The van der Waals surface area contributed by atoms with Crippen molar-refractivity contribution in [3.63, 3.8) is 0 Å². The van der Waals surface area contributed by atoms with Crippen LogP contribution < -0.4 is 4.74 Å². The Morgan fingerprint density at radius 3 is 2.74 bits per heavy atom. The van der Waals surface area contributed by atoms with Crippen molar-refractivity contribution in [1.29, 1.82) is 0 Å². The van der Waals surface area contributed by atoms with Crippen LogP contribution in [0.5, 0.6) is 11.6 Å². The van der Waals surface area contributed by atoms with Gasteiger partial charge < -0.3 is 4.74 Å². The van der Waals surface area contributed by atoms with Gasteiger partial charge in [0.25, 0.3) is 0 Å². The summed E-state index contributed by atoms with van der Waals surface area (Å²) in [5.74, 6) is 1.78. The van der Waals surface area contributed by atoms with Gasteiger partial charge in [0.15, 0.2) is 0 Å². The predicted molar refractivity (Wildman–Crippen MR) is 83.0 cm³/mol. The first-order chi connectivity index (χ1) is 9.08. The Balaban J connectivity index is 2.29. The molecular formula is C13H11Br2ClN2O. The van der Waals surface area contributed by atoms with Crippen LogP contribution in [0.4, 0.5) is 0 Å². The smallest absolute Gasteiger partial charge is 0.223 e. The second kappa shape index (κ2) is 6.68. The number of hydrogen-bond acceptors (Lipinski definition) is 3. The third kappa shape index (κ3) is 4.16. The van der Waals surface area contributed by atoms with Crippen molar-refractivity contribution in [2.45, 2.75) is 19.8 Å². The van der Waals surface area contributed by atoms with Crippen LogP contribution in [0.2, 0.25) is 5.02 Å². The molecule has 0 N–H and O–H groups in total. The first kappa shape index (κ1) is 14.8. The Bertz CT molecular complexity index is 593. The van der Waals surface area contributed by atoms with E-state index >= 15 is 0 Å². The highest BCUT2D eigenvalue weighted by molar-refractivity contribution is 9.10. The molecule has 3 nitrogen and oxygen atoms in total. The number of rotatable bonds is 4. The van der Waals surface area contributed by atoms with E-state index in [2.05, 4.69) is 48.8 Å². The van der Waals surface area contributed by atoms with E-state index in [9.17, 15) is 0 Å². The third-order valence-electron chi connectivity index (χ3n) is 2.30. The highest BCUT2D eigenvalue weighted by Crippen LogP contribution is 2.31. The van der Waals surface area contributed by atoms with Crippen LogP contribution in [0, 0.1) is 0 Å². The molecule has 1 aromatic heterocycles. The average Bonchev–Trinajstić information content (AvgIpc) is 2.33. The van der Waals surface area contributed by atoms with Crippen LogP contribution in [0.25, 0.3) is 0 Å². The summed E-state index contributed by atoms with van der Waals surface area (Å²) >= 11 is 12.8. The zero-order valence-electron chi connectivity index (χ0n) is 10.2. The summed E-state index contributed by atoms with van der Waals surface area (Å²) < 4.78 is 7.31. The maximum atomic E-state index is 6.09. The summed E-state index contributed by atoms with van der Waals surface area (Å²) in [5.41, 5.74) is 0. The van der Waals surface area contributed by atoms with Gasteiger partial charge in [-0.3, -0.25) is 0 Å². The Morgan fingerprint density at radius 2 is 2.00 bits per heavy atom. The zero-order valence-corrected chi connectivity index (χ0v) is 14.1. The minimum Gasteiger partial charge on any atom is -0.437 e. The number of aromatic nitrogens is 2. The summed E-state index contributed by atoms with van der Waals surface area (Å²) in [5, 5.41) is 0.537. The molecule has 0 spiro atoms. The topological polar surface area (TPSA) is 35.0 Å². The lowest BCUT2D eigenvalue weighted by atomic mass is 10.3. The molecule has 2 aromatic rings. The number of ether oxygens (including phenoxy) is 1. The van der Waals surface area contributed by atoms with Gasteiger partial charge >= 0.3 is 0 Å². The maximum Gasteiger partial charge on any atom is 0.223 e. The fraction of sp³-hybridized carbons (Fsp3) is 0.231. The van der Waals surface area contributed by atoms with Crippen molar-refractivity contribution in [2.75, 3.05) is 0 Å². The molecule has 0 saturated heterocycles. The molecule has 0 fully saturated rings. The van der Waals surface area contributed by atoms with Gasteiger partial charge in [0, 0.05) is 17.0 Å². The molecule has 1 aromatic carbocycles. The van der Waals surface area contributed by atoms with Crippen molar-refractivity contribution in [3.8, 4) is 11.6 Å². The number of aryl methyl sites for hydroxylation is 1. The van der Waals surface area contributed by atoms with Crippen LogP contribution in [0.1, 0.15) is 19.2 Å². The monoisotopic (exact) mass is 404 g/mol. The average molecular weight is 407 g/mol. The van der Waals surface area contributed by atoms with E-state index in [0.29, 0.717) is 21.3 Å². The van der Waals surface area contributed by atoms with Gasteiger partial charge in [0.05, 0.1) is 5.02 Å². The first-order valence-corrected chi connectivity index (χ1v) is 7.71. The highest BCUT2D eigenvalue weighted by Gasteiger charge is 2.08. The van der Waals surface area contributed by atoms with Crippen LogP contribution >= 0.6 is 43.5 Å². The lowest BCUT2D eigenvalue weighted by Crippen LogP contribution is -1.98. The van der Waals surface area contributed by atoms with E-state index in [1.807, 2.05) is 6.07 Å². The van der Waals surface area contributed by atoms with Crippen LogP contribution in [0.3, 0.4) is 0 Å². The molecule has 1 heterocycles. The molecule has 100 valence electrons. The van der Waals surface area contributed by atoms with E-state index in [0.717, 1.165) is 23.1 Å². The number of hydrogen-bond donors (Lipinski definition) is 0. The maximum absolute atomic E-state index is 6.09. The Kier molecular flexibility index (Phi) is 5.19. The number of halogens is 3. The van der Waals surface area contributed by atoms with Crippen molar-refractivity contribution < 1.29 is 4.74 Å². The van der Waals surface area contributed by atoms with Crippen molar-refractivity contribution in [3.05, 3.63) is 44.2 Å². The van der Waals surface area contributed by atoms with Gasteiger partial charge in [-0.25, -0.2) is 4.98 Å². The van der Waals surface area contributed by atoms with E-state index in [-0.39, 0.29) is 0 Å². The van der Waals surface area contributed by atoms with Crippen LogP contribution in [-0.4, -0.2) is 9.97 Å². The van der Waals surface area contributed by atoms with Gasteiger partial charge in [-0.05, 0) is 40.5 Å². The molecule has 0 aliphatic heterocycles. The summed E-state index contributed by atoms with van der Waals surface area (Å²) in [6.07, 6.45) is 1.79. The minimum absolute atomic E-state index is 0.477. The van der Waals surface area contributed by atoms with Gasteiger partial charge in [0.2, 0.25) is 5.88 Å². The molecule has 0 radical (unpaired) electrons. The molecule has 6 heteroatoms. The van der Waals surface area contributed by atoms with E-state index in [4.69, 9.17) is 16.3 Å². The van der Waals surface area contributed by atoms with Crippen molar-refractivity contribution in [2.24, 2.45) is 0 Å². The lowest BCUT2D eigenvalue weighted by Gasteiger charge is -2.08. The summed E-state index contributed by atoms with van der Waals surface area (Å²) in [6.45, 7) is 2.08. The van der Waals surface area contributed by atoms with Crippen molar-refractivity contribution in [1.82, 2.24) is 9.97 Å². The molecule has 19 heavy (non-hydrogen) atoms. The van der Waals surface area contributed by atoms with Crippen LogP contribution in [-0.2, 0) is 6.42 Å². The van der Waals surface area contributed by atoms with Crippen molar-refractivity contribution >= 4 is 43.5 Å². The summed E-state index contributed by atoms with van der Waals surface area (Å²) in [4.78, 5) is 8.64. The van der Waals surface area contributed by atoms with Gasteiger partial charge in [-0.15, -0.1) is 0 Å². The van der Waals surface area contributed by atoms with E-state index < -0.39 is 0 Å². The molecule has 0 aliphatic carbocycles. The quantitative estimate of drug-likeness (QED) is 0.638. The normalized spacial score (nSPS) is 10.5. The minimum atomic E-state index is 0.477. The zero-order chi connectivity index (χ0) is 13.8. The van der Waals surface area contributed by atoms with Gasteiger partial charge in [-0.2, -0.15) is 4.98 Å². The molecule has 0 amide bonds. The van der Waals surface area contributed by atoms with E-state index in [1.165, 1.54) is 0 Å². The van der Waals surface area contributed by atoms with E-state index in [1.54, 1.807) is 18.2 Å². The third-order valence-corrected chi connectivity index (χ3v) is 3.51. The standard InChI is InChI=1S/C13H11Br2ClN2O/c1-2-3-12-17-11(15)7-13(18-12)19-10-6-8(14)4-5-9(10)16/h4-7H,2-3H2,1H3. The number of benzene rings is 1. The highest BCUT2D eigenvalue weighted by atomic mass is 79.9. The lowest BCUT2D eigenvalue weighted by molar-refractivity contribution is 0.457. The fourth-order valence-corrected chi connectivity index (χ4v) is 2.39.